The van der Waals surface area contributed by atoms with E-state index in [1.807, 2.05) is 6.92 Å². The lowest BCUT2D eigenvalue weighted by molar-refractivity contribution is -0.120. The Morgan fingerprint density at radius 1 is 1.42 bits per heavy atom. The summed E-state index contributed by atoms with van der Waals surface area (Å²) in [6.07, 6.45) is 6.50. The third kappa shape index (κ3) is 1.26. The normalized spacial score (nSPS) is 35.1. The molecule has 1 fully saturated rings. The highest BCUT2D eigenvalue weighted by atomic mass is 16.1. The number of rotatable bonds is 0. The minimum Gasteiger partial charge on any atom is -0.385 e. The van der Waals surface area contributed by atoms with Gasteiger partial charge in [-0.1, -0.05) is 12.8 Å². The Morgan fingerprint density at radius 3 is 3.00 bits per heavy atom. The van der Waals surface area contributed by atoms with E-state index >= 15 is 0 Å². The van der Waals surface area contributed by atoms with Crippen molar-refractivity contribution in [3.05, 3.63) is 11.8 Å². The maximum Gasteiger partial charge on any atom is 0.162 e. The summed E-state index contributed by atoms with van der Waals surface area (Å²) in [5.41, 5.74) is 1.04. The van der Waals surface area contributed by atoms with Gasteiger partial charge in [0.15, 0.2) is 5.78 Å². The van der Waals surface area contributed by atoms with E-state index in [0.717, 1.165) is 12.1 Å². The quantitative estimate of drug-likeness (QED) is 0.591. The molecule has 2 aliphatic rings. The van der Waals surface area contributed by atoms with Crippen molar-refractivity contribution in [1.29, 1.82) is 0 Å². The largest absolute Gasteiger partial charge is 0.385 e. The van der Waals surface area contributed by atoms with Crippen LogP contribution in [0, 0.1) is 5.92 Å². The smallest absolute Gasteiger partial charge is 0.162 e. The number of allylic oxidation sites excluding steroid dienone is 2. The Hall–Kier alpha value is -0.790. The molecule has 1 N–H and O–H groups in total. The molecule has 2 atom stereocenters. The standard InChI is InChI=1S/C10H15NO/c1-7-6-10(12)8-4-2-3-5-9(8)11-7/h6,8-9,11H,2-5H2,1H3. The molecule has 0 radical (unpaired) electrons. The van der Waals surface area contributed by atoms with Gasteiger partial charge in [-0.2, -0.15) is 0 Å². The molecular weight excluding hydrogens is 150 g/mol. The van der Waals surface area contributed by atoms with Crippen LogP contribution in [-0.4, -0.2) is 11.8 Å². The molecule has 1 aliphatic carbocycles. The number of hydrogen-bond donors (Lipinski definition) is 1. The van der Waals surface area contributed by atoms with Crippen molar-refractivity contribution in [2.75, 3.05) is 0 Å². The van der Waals surface area contributed by atoms with Gasteiger partial charge < -0.3 is 5.32 Å². The van der Waals surface area contributed by atoms with Crippen molar-refractivity contribution in [1.82, 2.24) is 5.32 Å². The van der Waals surface area contributed by atoms with Crippen LogP contribution in [0.3, 0.4) is 0 Å². The minimum atomic E-state index is 0.280. The van der Waals surface area contributed by atoms with E-state index in [1.165, 1.54) is 19.3 Å². The Bertz CT molecular complexity index is 232. The molecule has 0 spiro atoms. The monoisotopic (exact) mass is 165 g/mol. The van der Waals surface area contributed by atoms with Gasteiger partial charge >= 0.3 is 0 Å². The number of carbonyl (C=O) groups excluding carboxylic acids is 1. The molecule has 0 aromatic carbocycles. The Labute approximate surface area is 73.0 Å². The van der Waals surface area contributed by atoms with Crippen molar-refractivity contribution in [2.45, 2.75) is 38.6 Å². The molecular formula is C10H15NO. The molecule has 0 saturated heterocycles. The lowest BCUT2D eigenvalue weighted by atomic mass is 9.79. The van der Waals surface area contributed by atoms with E-state index in [0.29, 0.717) is 11.8 Å². The average Bonchev–Trinajstić information content (AvgIpc) is 2.04. The third-order valence-electron chi connectivity index (χ3n) is 2.90. The Kier molecular flexibility index (Phi) is 1.91. The Morgan fingerprint density at radius 2 is 2.17 bits per heavy atom. The van der Waals surface area contributed by atoms with Crippen LogP contribution in [0.4, 0.5) is 0 Å². The van der Waals surface area contributed by atoms with Gasteiger partial charge in [0.2, 0.25) is 0 Å². The lowest BCUT2D eigenvalue weighted by Crippen LogP contribution is -2.44. The summed E-state index contributed by atoms with van der Waals surface area (Å²) < 4.78 is 0. The van der Waals surface area contributed by atoms with Crippen LogP contribution in [0.2, 0.25) is 0 Å². The molecule has 0 aromatic heterocycles. The number of nitrogens with one attached hydrogen (secondary N) is 1. The van der Waals surface area contributed by atoms with Gasteiger partial charge in [-0.05, 0) is 19.8 Å². The number of carbonyl (C=O) groups is 1. The van der Waals surface area contributed by atoms with Crippen molar-refractivity contribution >= 4 is 5.78 Å². The van der Waals surface area contributed by atoms with Gasteiger partial charge in [0, 0.05) is 23.7 Å². The van der Waals surface area contributed by atoms with Crippen molar-refractivity contribution < 1.29 is 4.79 Å². The zero-order chi connectivity index (χ0) is 8.55. The molecule has 2 unspecified atom stereocenters. The van der Waals surface area contributed by atoms with Crippen LogP contribution >= 0.6 is 0 Å². The van der Waals surface area contributed by atoms with Gasteiger partial charge in [0.05, 0.1) is 0 Å². The van der Waals surface area contributed by atoms with E-state index in [1.54, 1.807) is 6.08 Å². The Balaban J connectivity index is 2.18. The molecule has 2 rings (SSSR count). The number of ketones is 1. The second kappa shape index (κ2) is 2.92. The van der Waals surface area contributed by atoms with E-state index < -0.39 is 0 Å². The highest BCUT2D eigenvalue weighted by molar-refractivity contribution is 5.93. The van der Waals surface area contributed by atoms with Gasteiger partial charge in [-0.25, -0.2) is 0 Å². The van der Waals surface area contributed by atoms with Crippen molar-refractivity contribution in [3.8, 4) is 0 Å². The maximum atomic E-state index is 11.5. The first kappa shape index (κ1) is 7.84. The van der Waals surface area contributed by atoms with Gasteiger partial charge in [0.25, 0.3) is 0 Å². The summed E-state index contributed by atoms with van der Waals surface area (Å²) in [4.78, 5) is 11.5. The molecule has 2 nitrogen and oxygen atoms in total. The molecule has 0 aromatic rings. The van der Waals surface area contributed by atoms with Crippen molar-refractivity contribution in [2.24, 2.45) is 5.92 Å². The average molecular weight is 165 g/mol. The molecule has 1 saturated carbocycles. The molecule has 0 bridgehead atoms. The topological polar surface area (TPSA) is 29.1 Å². The fourth-order valence-electron chi connectivity index (χ4n) is 2.30. The van der Waals surface area contributed by atoms with E-state index in [9.17, 15) is 4.79 Å². The zero-order valence-electron chi connectivity index (χ0n) is 7.47. The summed E-state index contributed by atoms with van der Waals surface area (Å²) in [5.74, 6) is 0.624. The highest BCUT2D eigenvalue weighted by Gasteiger charge is 2.32. The van der Waals surface area contributed by atoms with E-state index in [4.69, 9.17) is 0 Å². The summed E-state index contributed by atoms with van der Waals surface area (Å²) in [6.45, 7) is 1.97. The molecule has 1 heterocycles. The van der Waals surface area contributed by atoms with Crippen molar-refractivity contribution in [3.63, 3.8) is 0 Å². The van der Waals surface area contributed by atoms with E-state index in [2.05, 4.69) is 5.32 Å². The molecule has 0 amide bonds. The third-order valence-corrected chi connectivity index (χ3v) is 2.90. The van der Waals surface area contributed by atoms with Gasteiger partial charge in [-0.15, -0.1) is 0 Å². The molecule has 2 heteroatoms. The first-order valence-electron chi connectivity index (χ1n) is 4.76. The molecule has 66 valence electrons. The predicted octanol–water partition coefficient (Wildman–Crippen LogP) is 1.62. The van der Waals surface area contributed by atoms with Gasteiger partial charge in [0.1, 0.15) is 0 Å². The summed E-state index contributed by atoms with van der Waals surface area (Å²) in [7, 11) is 0. The van der Waals surface area contributed by atoms with E-state index in [-0.39, 0.29) is 5.92 Å². The predicted molar refractivity (Wildman–Crippen MR) is 47.6 cm³/mol. The first-order valence-corrected chi connectivity index (χ1v) is 4.76. The first-order chi connectivity index (χ1) is 5.77. The number of fused-ring (bicyclic) bond motifs is 1. The van der Waals surface area contributed by atoms with Crippen LogP contribution in [0.25, 0.3) is 0 Å². The van der Waals surface area contributed by atoms with Gasteiger partial charge in [-0.3, -0.25) is 4.79 Å². The lowest BCUT2D eigenvalue weighted by Gasteiger charge is -2.34. The van der Waals surface area contributed by atoms with Crippen LogP contribution in [0.15, 0.2) is 11.8 Å². The van der Waals surface area contributed by atoms with Crippen LogP contribution in [0.1, 0.15) is 32.6 Å². The van der Waals surface area contributed by atoms with Crippen LogP contribution in [0.5, 0.6) is 0 Å². The minimum absolute atomic E-state index is 0.280. The second-order valence-electron chi connectivity index (χ2n) is 3.87. The molecule has 1 aliphatic heterocycles. The zero-order valence-corrected chi connectivity index (χ0v) is 7.47. The fourth-order valence-corrected chi connectivity index (χ4v) is 2.30. The maximum absolute atomic E-state index is 11.5. The fraction of sp³-hybridized carbons (Fsp3) is 0.700. The highest BCUT2D eigenvalue weighted by Crippen LogP contribution is 2.28. The SMILES string of the molecule is CC1=CC(=O)C2CCCCC2N1. The van der Waals surface area contributed by atoms with Crippen LogP contribution < -0.4 is 5.32 Å². The summed E-state index contributed by atoms with van der Waals surface area (Å²) in [6, 6.07) is 0.441. The van der Waals surface area contributed by atoms with Crippen LogP contribution in [-0.2, 0) is 4.79 Å². The number of hydrogen-bond acceptors (Lipinski definition) is 2. The summed E-state index contributed by atoms with van der Waals surface area (Å²) >= 11 is 0. The molecule has 12 heavy (non-hydrogen) atoms. The summed E-state index contributed by atoms with van der Waals surface area (Å²) in [5, 5.41) is 3.39. The second-order valence-corrected chi connectivity index (χ2v) is 3.87.